The maximum Gasteiger partial charge on any atom is 0.331 e. The molecule has 0 aliphatic heterocycles. The van der Waals surface area contributed by atoms with Crippen LogP contribution in [0.15, 0.2) is 59.7 Å². The van der Waals surface area contributed by atoms with E-state index in [0.717, 1.165) is 5.56 Å². The van der Waals surface area contributed by atoms with E-state index in [9.17, 15) is 29.4 Å². The molecule has 2 N–H and O–H groups in total. The molecule has 44 heavy (non-hydrogen) atoms. The quantitative estimate of drug-likeness (QED) is 0.202. The Morgan fingerprint density at radius 1 is 0.932 bits per heavy atom. The monoisotopic (exact) mass is 610 g/mol. The lowest BCUT2D eigenvalue weighted by Crippen LogP contribution is -2.52. The predicted octanol–water partition coefficient (Wildman–Crippen LogP) is 3.84. The third-order valence-electron chi connectivity index (χ3n) is 9.31. The zero-order valence-corrected chi connectivity index (χ0v) is 26.1. The molecule has 3 aliphatic rings. The van der Waals surface area contributed by atoms with Crippen molar-refractivity contribution in [1.82, 2.24) is 0 Å². The van der Waals surface area contributed by atoms with Gasteiger partial charge in [0.15, 0.2) is 0 Å². The summed E-state index contributed by atoms with van der Waals surface area (Å²) in [5.74, 6) is -3.85. The van der Waals surface area contributed by atoms with Crippen LogP contribution in [0.2, 0.25) is 0 Å². The van der Waals surface area contributed by atoms with Gasteiger partial charge in [-0.05, 0) is 61.5 Å². The lowest BCUT2D eigenvalue weighted by atomic mass is 9.61. The number of ether oxygens (including phenoxy) is 4. The highest BCUT2D eigenvalue weighted by Gasteiger charge is 2.64. The normalized spacial score (nSPS) is 31.9. The van der Waals surface area contributed by atoms with Crippen LogP contribution in [0, 0.1) is 17.3 Å². The molecule has 0 amide bonds. The summed E-state index contributed by atoms with van der Waals surface area (Å²) in [6.45, 7) is 13.0. The van der Waals surface area contributed by atoms with Gasteiger partial charge < -0.3 is 29.2 Å². The summed E-state index contributed by atoms with van der Waals surface area (Å²) in [6.07, 6.45) is -1.94. The highest BCUT2D eigenvalue weighted by atomic mass is 16.6. The van der Waals surface area contributed by atoms with Gasteiger partial charge in [0, 0.05) is 51.0 Å². The molecule has 4 rings (SSSR count). The number of aliphatic hydroxyl groups excluding tert-OH is 1. The Balaban J connectivity index is 1.81. The van der Waals surface area contributed by atoms with Crippen molar-refractivity contribution < 1.29 is 48.3 Å². The Morgan fingerprint density at radius 3 is 2.11 bits per heavy atom. The summed E-state index contributed by atoms with van der Waals surface area (Å²) in [5, 5.41) is 23.8. The van der Waals surface area contributed by atoms with Crippen molar-refractivity contribution in [3.63, 3.8) is 0 Å². The fraction of sp³-hybridized carbons (Fsp3) is 0.529. The first-order valence-corrected chi connectivity index (χ1v) is 14.8. The molecule has 0 unspecified atom stereocenters. The van der Waals surface area contributed by atoms with E-state index in [-0.39, 0.29) is 19.3 Å². The van der Waals surface area contributed by atoms with E-state index in [1.807, 2.05) is 30.3 Å². The number of aliphatic hydroxyl groups is 2. The van der Waals surface area contributed by atoms with Crippen molar-refractivity contribution in [2.24, 2.45) is 17.3 Å². The van der Waals surface area contributed by atoms with Gasteiger partial charge in [-0.25, -0.2) is 4.79 Å². The van der Waals surface area contributed by atoms with Crippen LogP contribution < -0.4 is 0 Å². The standard InChI is InChI=1S/C34H42O10/c1-18-24-16-34(33(6,7)40)17-27(42-21(4)36)19(2)30(34)31(39)32(43-22(5)37)29(24)26(41-20(3)35)15-25(18)44-28(38)14-13-23-11-9-8-10-12-23/h8-14,24-27,29,31-32,39-40H,1,15-17H2,2-7H3/t24-,25-,26+,27+,29-,31-,32-,34+/m1/s1. The Morgan fingerprint density at radius 2 is 1.55 bits per heavy atom. The van der Waals surface area contributed by atoms with Crippen LogP contribution >= 0.6 is 0 Å². The zero-order chi connectivity index (χ0) is 32.6. The summed E-state index contributed by atoms with van der Waals surface area (Å²) in [6, 6.07) is 9.22. The second-order valence-corrected chi connectivity index (χ2v) is 12.6. The summed E-state index contributed by atoms with van der Waals surface area (Å²) >= 11 is 0. The fourth-order valence-corrected chi connectivity index (χ4v) is 7.43. The molecule has 2 saturated carbocycles. The molecule has 8 atom stereocenters. The minimum atomic E-state index is -1.46. The van der Waals surface area contributed by atoms with Crippen LogP contribution in [0.5, 0.6) is 0 Å². The molecular weight excluding hydrogens is 568 g/mol. The molecule has 0 aromatic heterocycles. The van der Waals surface area contributed by atoms with Crippen molar-refractivity contribution in [3.8, 4) is 0 Å². The molecule has 1 aromatic carbocycles. The minimum Gasteiger partial charge on any atom is -0.462 e. The highest BCUT2D eigenvalue weighted by Crippen LogP contribution is 2.62. The lowest BCUT2D eigenvalue weighted by Gasteiger charge is -2.47. The van der Waals surface area contributed by atoms with E-state index in [1.165, 1.54) is 26.8 Å². The number of esters is 4. The van der Waals surface area contributed by atoms with Gasteiger partial charge >= 0.3 is 23.9 Å². The molecule has 2 fully saturated rings. The number of hydrogen-bond acceptors (Lipinski definition) is 10. The average molecular weight is 611 g/mol. The maximum atomic E-state index is 13.0. The van der Waals surface area contributed by atoms with Crippen molar-refractivity contribution in [3.05, 3.63) is 65.3 Å². The predicted molar refractivity (Wildman–Crippen MR) is 159 cm³/mol. The summed E-state index contributed by atoms with van der Waals surface area (Å²) < 4.78 is 23.0. The smallest absolute Gasteiger partial charge is 0.331 e. The Labute approximate surface area is 257 Å². The van der Waals surface area contributed by atoms with Crippen LogP contribution in [-0.2, 0) is 38.1 Å². The molecule has 0 heterocycles. The SMILES string of the molecule is C=C1[C@H]2C[C@]3(C(C)(C)O)C[C@H](OC(C)=O)C(C)=C3[C@@H](O)[C@H](OC(C)=O)[C@H]2[C@@H](OC(C)=O)C[C@H]1OC(=O)C=Cc1ccccc1. The third kappa shape index (κ3) is 6.51. The number of fused-ring (bicyclic) bond motifs is 2. The van der Waals surface area contributed by atoms with Gasteiger partial charge in [0.05, 0.1) is 5.60 Å². The molecule has 10 nitrogen and oxygen atoms in total. The molecule has 238 valence electrons. The second-order valence-electron chi connectivity index (χ2n) is 12.6. The van der Waals surface area contributed by atoms with Gasteiger partial charge in [-0.2, -0.15) is 0 Å². The number of carbonyl (C=O) groups excluding carboxylic acids is 4. The Kier molecular flexibility index (Phi) is 9.56. The third-order valence-corrected chi connectivity index (χ3v) is 9.31. The molecular formula is C34H42O10. The van der Waals surface area contributed by atoms with E-state index in [4.69, 9.17) is 18.9 Å². The summed E-state index contributed by atoms with van der Waals surface area (Å²) in [5.41, 5.74) is -0.397. The van der Waals surface area contributed by atoms with Gasteiger partial charge in [0.25, 0.3) is 0 Å². The molecule has 3 aliphatic carbocycles. The Bertz CT molecular complexity index is 1370. The van der Waals surface area contributed by atoms with E-state index in [2.05, 4.69) is 6.58 Å². The molecule has 1 aromatic rings. The van der Waals surface area contributed by atoms with Crippen LogP contribution in [0.3, 0.4) is 0 Å². The van der Waals surface area contributed by atoms with Crippen molar-refractivity contribution >= 4 is 30.0 Å². The van der Waals surface area contributed by atoms with Gasteiger partial charge in [-0.1, -0.05) is 36.9 Å². The first-order chi connectivity index (χ1) is 20.6. The molecule has 0 radical (unpaired) electrons. The molecule has 0 spiro atoms. The summed E-state index contributed by atoms with van der Waals surface area (Å²) in [7, 11) is 0. The lowest BCUT2D eigenvalue weighted by molar-refractivity contribution is -0.175. The van der Waals surface area contributed by atoms with Gasteiger partial charge in [0.1, 0.15) is 30.5 Å². The fourth-order valence-electron chi connectivity index (χ4n) is 7.43. The maximum absolute atomic E-state index is 13.0. The first-order valence-electron chi connectivity index (χ1n) is 14.8. The topological polar surface area (TPSA) is 146 Å². The van der Waals surface area contributed by atoms with Crippen LogP contribution in [-0.4, -0.2) is 70.2 Å². The van der Waals surface area contributed by atoms with Gasteiger partial charge in [-0.3, -0.25) is 14.4 Å². The average Bonchev–Trinajstić information content (AvgIpc) is 3.13. The highest BCUT2D eigenvalue weighted by molar-refractivity contribution is 5.87. The molecule has 0 bridgehead atoms. The number of hydrogen-bond donors (Lipinski definition) is 2. The van der Waals surface area contributed by atoms with Gasteiger partial charge in [0.2, 0.25) is 0 Å². The zero-order valence-electron chi connectivity index (χ0n) is 26.1. The van der Waals surface area contributed by atoms with Crippen LogP contribution in [0.4, 0.5) is 0 Å². The van der Waals surface area contributed by atoms with Crippen LogP contribution in [0.25, 0.3) is 6.08 Å². The van der Waals surface area contributed by atoms with E-state index in [1.54, 1.807) is 26.8 Å². The summed E-state index contributed by atoms with van der Waals surface area (Å²) in [4.78, 5) is 49.8. The van der Waals surface area contributed by atoms with Crippen molar-refractivity contribution in [2.75, 3.05) is 0 Å². The second kappa shape index (κ2) is 12.7. The van der Waals surface area contributed by atoms with Crippen molar-refractivity contribution in [1.29, 1.82) is 0 Å². The van der Waals surface area contributed by atoms with E-state index < -0.39 is 77.2 Å². The number of rotatable bonds is 7. The largest absolute Gasteiger partial charge is 0.462 e. The minimum absolute atomic E-state index is 0.0264. The number of benzene rings is 1. The first kappa shape index (κ1) is 33.1. The Hall–Kier alpha value is -3.76. The van der Waals surface area contributed by atoms with E-state index in [0.29, 0.717) is 16.7 Å². The van der Waals surface area contributed by atoms with Crippen LogP contribution in [0.1, 0.15) is 66.4 Å². The number of carbonyl (C=O) groups is 4. The van der Waals surface area contributed by atoms with Crippen molar-refractivity contribution in [2.45, 2.75) is 96.9 Å². The molecule has 0 saturated heterocycles. The van der Waals surface area contributed by atoms with E-state index >= 15 is 0 Å². The van der Waals surface area contributed by atoms with Gasteiger partial charge in [-0.15, -0.1) is 0 Å². The molecule has 10 heteroatoms.